The SMILES string of the molecule is CCC1CCN(c2ccc(CN3C(=S)N(c4ccc(C#N)c(C(F)(F)F)c4)C(=O)C3(C)C)cn2)C1=O. The molecule has 1 aromatic carbocycles. The number of carbonyl (C=O) groups excluding carboxylic acids is 2. The molecule has 4 rings (SSSR count). The van der Waals surface area contributed by atoms with Crippen LogP contribution in [0, 0.1) is 17.2 Å². The van der Waals surface area contributed by atoms with Crippen LogP contribution in [-0.4, -0.2) is 38.9 Å². The van der Waals surface area contributed by atoms with Crippen molar-refractivity contribution in [3.8, 4) is 6.07 Å². The van der Waals surface area contributed by atoms with Gasteiger partial charge in [0.1, 0.15) is 11.4 Å². The third kappa shape index (κ3) is 4.30. The lowest BCUT2D eigenvalue weighted by atomic mass is 10.0. The lowest BCUT2D eigenvalue weighted by Gasteiger charge is -2.29. The largest absolute Gasteiger partial charge is 0.417 e. The van der Waals surface area contributed by atoms with E-state index in [-0.39, 0.29) is 29.2 Å². The second-order valence-electron chi connectivity index (χ2n) is 9.32. The molecule has 2 amide bonds. The number of benzene rings is 1. The molecule has 2 aliphatic rings. The van der Waals surface area contributed by atoms with Gasteiger partial charge >= 0.3 is 6.18 Å². The fraction of sp³-hybridized carbons (Fsp3) is 0.400. The molecular formula is C25H24F3N5O2S. The van der Waals surface area contributed by atoms with Gasteiger partial charge in [-0.2, -0.15) is 18.4 Å². The summed E-state index contributed by atoms with van der Waals surface area (Å²) >= 11 is 5.53. The number of alkyl halides is 3. The van der Waals surface area contributed by atoms with Gasteiger partial charge in [-0.25, -0.2) is 4.98 Å². The number of thiocarbonyl (C=S) groups is 1. The minimum Gasteiger partial charge on any atom is -0.330 e. The maximum absolute atomic E-state index is 13.5. The minimum atomic E-state index is -4.76. The minimum absolute atomic E-state index is 0.00586. The highest BCUT2D eigenvalue weighted by Gasteiger charge is 2.50. The van der Waals surface area contributed by atoms with Crippen LogP contribution in [0.25, 0.3) is 0 Å². The Hall–Kier alpha value is -3.52. The van der Waals surface area contributed by atoms with E-state index in [0.717, 1.165) is 35.4 Å². The highest BCUT2D eigenvalue weighted by atomic mass is 32.1. The third-order valence-electron chi connectivity index (χ3n) is 6.75. The number of rotatable bonds is 5. The Bertz CT molecular complexity index is 1270. The number of pyridine rings is 1. The second-order valence-corrected chi connectivity index (χ2v) is 9.68. The highest BCUT2D eigenvalue weighted by molar-refractivity contribution is 7.80. The van der Waals surface area contributed by atoms with Crippen LogP contribution < -0.4 is 9.80 Å². The molecule has 36 heavy (non-hydrogen) atoms. The van der Waals surface area contributed by atoms with Crippen molar-refractivity contribution in [3.63, 3.8) is 0 Å². The Labute approximate surface area is 212 Å². The normalized spacial score (nSPS) is 19.9. The number of halogens is 3. The Morgan fingerprint density at radius 3 is 2.50 bits per heavy atom. The summed E-state index contributed by atoms with van der Waals surface area (Å²) in [6.07, 6.45) is -1.58. The van der Waals surface area contributed by atoms with E-state index in [1.807, 2.05) is 6.92 Å². The van der Waals surface area contributed by atoms with Crippen LogP contribution in [0.2, 0.25) is 0 Å². The zero-order chi connectivity index (χ0) is 26.4. The van der Waals surface area contributed by atoms with E-state index in [1.54, 1.807) is 42.0 Å². The first kappa shape index (κ1) is 25.6. The molecule has 1 unspecified atom stereocenters. The Morgan fingerprint density at radius 2 is 1.94 bits per heavy atom. The summed E-state index contributed by atoms with van der Waals surface area (Å²) in [4.78, 5) is 34.5. The van der Waals surface area contributed by atoms with Gasteiger partial charge in [-0.3, -0.25) is 19.4 Å². The van der Waals surface area contributed by atoms with E-state index >= 15 is 0 Å². The smallest absolute Gasteiger partial charge is 0.330 e. The van der Waals surface area contributed by atoms with Gasteiger partial charge in [0.25, 0.3) is 5.91 Å². The zero-order valence-electron chi connectivity index (χ0n) is 20.0. The molecular weight excluding hydrogens is 491 g/mol. The number of nitriles is 1. The summed E-state index contributed by atoms with van der Waals surface area (Å²) in [5, 5.41) is 9.12. The van der Waals surface area contributed by atoms with Crippen LogP contribution in [0.5, 0.6) is 0 Å². The van der Waals surface area contributed by atoms with Crippen molar-refractivity contribution < 1.29 is 22.8 Å². The summed E-state index contributed by atoms with van der Waals surface area (Å²) in [5.74, 6) is 0.133. The average molecular weight is 516 g/mol. The summed E-state index contributed by atoms with van der Waals surface area (Å²) in [6, 6.07) is 8.17. The number of hydrogen-bond donors (Lipinski definition) is 0. The van der Waals surface area contributed by atoms with Crippen LogP contribution in [0.4, 0.5) is 24.7 Å². The monoisotopic (exact) mass is 515 g/mol. The molecule has 188 valence electrons. The van der Waals surface area contributed by atoms with Crippen LogP contribution in [0.15, 0.2) is 36.5 Å². The van der Waals surface area contributed by atoms with Gasteiger partial charge in [0, 0.05) is 25.2 Å². The van der Waals surface area contributed by atoms with Crippen LogP contribution in [0.3, 0.4) is 0 Å². The van der Waals surface area contributed by atoms with Crippen molar-refractivity contribution in [2.75, 3.05) is 16.3 Å². The van der Waals surface area contributed by atoms with Gasteiger partial charge in [-0.15, -0.1) is 0 Å². The molecule has 3 heterocycles. The Kier molecular flexibility index (Phi) is 6.51. The molecule has 11 heteroatoms. The van der Waals surface area contributed by atoms with E-state index in [4.69, 9.17) is 17.5 Å². The molecule has 7 nitrogen and oxygen atoms in total. The van der Waals surface area contributed by atoms with E-state index in [2.05, 4.69) is 4.98 Å². The first-order valence-electron chi connectivity index (χ1n) is 11.4. The summed E-state index contributed by atoms with van der Waals surface area (Å²) in [6.45, 7) is 6.07. The number of nitrogens with zero attached hydrogens (tertiary/aromatic N) is 5. The molecule has 1 aromatic heterocycles. The standard InChI is InChI=1S/C25H24F3N5O2S/c1-4-16-9-10-31(21(16)34)20-8-5-15(13-30-20)14-32-23(36)33(22(35)24(32,2)3)18-7-6-17(12-29)19(11-18)25(26,27)28/h5-8,11,13,16H,4,9-10,14H2,1-3H3. The van der Waals surface area contributed by atoms with E-state index in [1.165, 1.54) is 12.1 Å². The van der Waals surface area contributed by atoms with Gasteiger partial charge in [0.15, 0.2) is 5.11 Å². The molecule has 1 atom stereocenters. The fourth-order valence-electron chi connectivity index (χ4n) is 4.53. The predicted octanol–water partition coefficient (Wildman–Crippen LogP) is 4.65. The second kappa shape index (κ2) is 9.17. The number of aromatic nitrogens is 1. The molecule has 0 aliphatic carbocycles. The Balaban J connectivity index is 1.59. The Morgan fingerprint density at radius 1 is 1.22 bits per heavy atom. The molecule has 0 spiro atoms. The molecule has 0 bridgehead atoms. The summed E-state index contributed by atoms with van der Waals surface area (Å²) in [7, 11) is 0. The van der Waals surface area contributed by atoms with Crippen molar-refractivity contribution in [1.29, 1.82) is 5.26 Å². The van der Waals surface area contributed by atoms with Crippen molar-refractivity contribution in [2.24, 2.45) is 5.92 Å². The van der Waals surface area contributed by atoms with Gasteiger partial charge in [-0.1, -0.05) is 13.0 Å². The first-order valence-corrected chi connectivity index (χ1v) is 11.8. The average Bonchev–Trinajstić information content (AvgIpc) is 3.28. The number of hydrogen-bond acceptors (Lipinski definition) is 5. The highest BCUT2D eigenvalue weighted by Crippen LogP contribution is 2.38. The molecule has 2 aliphatic heterocycles. The number of anilines is 2. The van der Waals surface area contributed by atoms with Crippen molar-refractivity contribution >= 4 is 40.6 Å². The van der Waals surface area contributed by atoms with E-state index in [0.29, 0.717) is 12.4 Å². The van der Waals surface area contributed by atoms with Gasteiger partial charge in [-0.05, 0) is 68.7 Å². The molecule has 2 fully saturated rings. The van der Waals surface area contributed by atoms with Gasteiger partial charge in [0.2, 0.25) is 5.91 Å². The maximum atomic E-state index is 13.5. The van der Waals surface area contributed by atoms with Crippen LogP contribution in [0.1, 0.15) is 50.3 Å². The van der Waals surface area contributed by atoms with E-state index in [9.17, 15) is 22.8 Å². The molecule has 2 saturated heterocycles. The molecule has 2 aromatic rings. The van der Waals surface area contributed by atoms with Crippen molar-refractivity contribution in [3.05, 3.63) is 53.2 Å². The molecule has 0 N–H and O–H groups in total. The quantitative estimate of drug-likeness (QED) is 0.540. The lowest BCUT2D eigenvalue weighted by molar-refractivity contribution is -0.137. The van der Waals surface area contributed by atoms with Crippen LogP contribution in [-0.2, 0) is 22.3 Å². The predicted molar refractivity (Wildman–Crippen MR) is 131 cm³/mol. The fourth-order valence-corrected chi connectivity index (χ4v) is 5.01. The summed E-state index contributed by atoms with van der Waals surface area (Å²) < 4.78 is 40.5. The van der Waals surface area contributed by atoms with Crippen LogP contribution >= 0.6 is 12.2 Å². The number of amides is 2. The van der Waals surface area contributed by atoms with Gasteiger partial charge in [0.05, 0.1) is 22.9 Å². The molecule has 0 radical (unpaired) electrons. The maximum Gasteiger partial charge on any atom is 0.417 e. The van der Waals surface area contributed by atoms with E-state index < -0.39 is 28.7 Å². The third-order valence-corrected chi connectivity index (χ3v) is 7.15. The zero-order valence-corrected chi connectivity index (χ0v) is 20.8. The van der Waals surface area contributed by atoms with Crippen molar-refractivity contribution in [1.82, 2.24) is 9.88 Å². The first-order chi connectivity index (χ1) is 16.9. The van der Waals surface area contributed by atoms with Gasteiger partial charge < -0.3 is 4.90 Å². The lowest BCUT2D eigenvalue weighted by Crippen LogP contribution is -2.43. The summed E-state index contributed by atoms with van der Waals surface area (Å²) in [5.41, 5.74) is -2.14. The topological polar surface area (TPSA) is 80.5 Å². The van der Waals surface area contributed by atoms with Crippen molar-refractivity contribution in [2.45, 2.75) is 51.9 Å². The number of carbonyl (C=O) groups is 2. The molecule has 0 saturated carbocycles.